The fraction of sp³-hybridized carbons (Fsp3) is 0.0500. The molecule has 0 spiro atoms. The Morgan fingerprint density at radius 2 is 1.86 bits per heavy atom. The molecular formula is C20H13FN4O3S. The van der Waals surface area contributed by atoms with Crippen molar-refractivity contribution in [2.75, 3.05) is 11.9 Å². The van der Waals surface area contributed by atoms with E-state index in [1.54, 1.807) is 30.5 Å². The minimum absolute atomic E-state index is 0.0638. The summed E-state index contributed by atoms with van der Waals surface area (Å²) in [6.45, 7) is -0.447. The first-order valence-electron chi connectivity index (χ1n) is 8.52. The molecule has 4 rings (SSSR count). The van der Waals surface area contributed by atoms with E-state index in [-0.39, 0.29) is 10.5 Å². The maximum absolute atomic E-state index is 13.8. The van der Waals surface area contributed by atoms with Gasteiger partial charge in [0.15, 0.2) is 0 Å². The van der Waals surface area contributed by atoms with Crippen LogP contribution in [0.5, 0.6) is 0 Å². The van der Waals surface area contributed by atoms with Crippen LogP contribution >= 0.6 is 11.8 Å². The lowest BCUT2D eigenvalue weighted by Crippen LogP contribution is -2.36. The molecule has 1 fully saturated rings. The zero-order valence-electron chi connectivity index (χ0n) is 14.8. The minimum atomic E-state index is -0.636. The smallest absolute Gasteiger partial charge is 0.294 e. The van der Waals surface area contributed by atoms with Gasteiger partial charge in [-0.15, -0.1) is 0 Å². The van der Waals surface area contributed by atoms with E-state index in [0.717, 1.165) is 4.90 Å². The Morgan fingerprint density at radius 1 is 1.10 bits per heavy atom. The fourth-order valence-corrected chi connectivity index (χ4v) is 3.58. The Balaban J connectivity index is 1.47. The lowest BCUT2D eigenvalue weighted by molar-refractivity contribution is -0.127. The second kappa shape index (κ2) is 7.80. The van der Waals surface area contributed by atoms with Crippen LogP contribution in [0.15, 0.2) is 59.8 Å². The summed E-state index contributed by atoms with van der Waals surface area (Å²) in [6, 6.07) is 10.9. The van der Waals surface area contributed by atoms with Crippen LogP contribution in [0.2, 0.25) is 0 Å². The van der Waals surface area contributed by atoms with E-state index in [9.17, 15) is 18.8 Å². The van der Waals surface area contributed by atoms with E-state index in [0.29, 0.717) is 28.5 Å². The molecule has 9 heteroatoms. The van der Waals surface area contributed by atoms with Gasteiger partial charge in [0.25, 0.3) is 11.1 Å². The van der Waals surface area contributed by atoms with Crippen LogP contribution in [0.4, 0.5) is 14.9 Å². The highest BCUT2D eigenvalue weighted by atomic mass is 32.2. The summed E-state index contributed by atoms with van der Waals surface area (Å²) in [6.07, 6.45) is 4.41. The second-order valence-corrected chi connectivity index (χ2v) is 7.09. The summed E-state index contributed by atoms with van der Waals surface area (Å²) in [5.41, 5.74) is 1.94. The molecule has 29 heavy (non-hydrogen) atoms. The molecule has 0 atom stereocenters. The number of nitrogens with zero attached hydrogens (tertiary/aromatic N) is 3. The number of nitrogens with one attached hydrogen (secondary N) is 1. The zero-order chi connectivity index (χ0) is 20.4. The summed E-state index contributed by atoms with van der Waals surface area (Å²) in [7, 11) is 0. The standard InChI is InChI=1S/C20H13FN4O3S/c21-14-4-2-1-3-12(14)9-17-19(27)25(20(28)29-17)11-18(26)24-13-5-6-15-16(10-13)23-8-7-22-15/h1-10H,11H2,(H,24,26)/b17-9-. The number of hydrogen-bond donors (Lipinski definition) is 1. The van der Waals surface area contributed by atoms with E-state index in [1.165, 1.54) is 30.5 Å². The number of imide groups is 1. The summed E-state index contributed by atoms with van der Waals surface area (Å²) in [5, 5.41) is 2.05. The Morgan fingerprint density at radius 3 is 2.66 bits per heavy atom. The average Bonchev–Trinajstić information content (AvgIpc) is 2.97. The molecule has 2 aromatic carbocycles. The highest BCUT2D eigenvalue weighted by Crippen LogP contribution is 2.32. The molecule has 7 nitrogen and oxygen atoms in total. The van der Waals surface area contributed by atoms with Crippen molar-refractivity contribution in [3.63, 3.8) is 0 Å². The number of carbonyl (C=O) groups excluding carboxylic acids is 3. The topological polar surface area (TPSA) is 92.3 Å². The third-order valence-corrected chi connectivity index (χ3v) is 5.03. The van der Waals surface area contributed by atoms with Crippen molar-refractivity contribution in [3.05, 3.63) is 71.1 Å². The predicted molar refractivity (Wildman–Crippen MR) is 107 cm³/mol. The first kappa shape index (κ1) is 18.8. The number of anilines is 1. The quantitative estimate of drug-likeness (QED) is 0.665. The van der Waals surface area contributed by atoms with E-state index in [4.69, 9.17) is 0 Å². The average molecular weight is 408 g/mol. The SMILES string of the molecule is O=C(CN1C(=O)S/C(=C\c2ccccc2F)C1=O)Nc1ccc2nccnc2c1. The molecule has 1 aliphatic rings. The largest absolute Gasteiger partial charge is 0.324 e. The van der Waals surface area contributed by atoms with Gasteiger partial charge in [-0.05, 0) is 42.1 Å². The van der Waals surface area contributed by atoms with Crippen molar-refractivity contribution in [1.29, 1.82) is 0 Å². The first-order valence-corrected chi connectivity index (χ1v) is 9.33. The van der Waals surface area contributed by atoms with Crippen LogP contribution in [-0.2, 0) is 9.59 Å². The Labute approximate surface area is 168 Å². The van der Waals surface area contributed by atoms with E-state index in [2.05, 4.69) is 15.3 Å². The van der Waals surface area contributed by atoms with Crippen LogP contribution in [-0.4, -0.2) is 38.5 Å². The molecule has 0 radical (unpaired) electrons. The number of aromatic nitrogens is 2. The number of hydrogen-bond acceptors (Lipinski definition) is 6. The van der Waals surface area contributed by atoms with E-state index >= 15 is 0 Å². The van der Waals surface area contributed by atoms with Crippen molar-refractivity contribution >= 4 is 51.6 Å². The van der Waals surface area contributed by atoms with Crippen molar-refractivity contribution in [2.45, 2.75) is 0 Å². The third-order valence-electron chi connectivity index (χ3n) is 4.12. The molecule has 3 aromatic rings. The molecular weight excluding hydrogens is 395 g/mol. The van der Waals surface area contributed by atoms with Gasteiger partial charge in [0.05, 0.1) is 15.9 Å². The predicted octanol–water partition coefficient (Wildman–Crippen LogP) is 3.44. The van der Waals surface area contributed by atoms with Crippen LogP contribution in [0.25, 0.3) is 17.1 Å². The lowest BCUT2D eigenvalue weighted by Gasteiger charge is -2.12. The van der Waals surface area contributed by atoms with Gasteiger partial charge in [0.2, 0.25) is 5.91 Å². The molecule has 0 saturated carbocycles. The minimum Gasteiger partial charge on any atom is -0.324 e. The molecule has 3 amide bonds. The molecule has 1 aromatic heterocycles. The maximum atomic E-state index is 13.8. The number of fused-ring (bicyclic) bond motifs is 1. The van der Waals surface area contributed by atoms with Crippen LogP contribution in [0.1, 0.15) is 5.56 Å². The number of amides is 3. The Kier molecular flexibility index (Phi) is 5.05. The van der Waals surface area contributed by atoms with Gasteiger partial charge < -0.3 is 5.32 Å². The Bertz CT molecular complexity index is 1180. The fourth-order valence-electron chi connectivity index (χ4n) is 2.75. The van der Waals surface area contributed by atoms with Gasteiger partial charge >= 0.3 is 0 Å². The third kappa shape index (κ3) is 3.99. The number of carbonyl (C=O) groups is 3. The molecule has 0 bridgehead atoms. The van der Waals surface area contributed by atoms with Crippen molar-refractivity contribution in [3.8, 4) is 0 Å². The molecule has 1 aliphatic heterocycles. The molecule has 2 heterocycles. The summed E-state index contributed by atoms with van der Waals surface area (Å²) in [4.78, 5) is 46.2. The van der Waals surface area contributed by atoms with Crippen LogP contribution < -0.4 is 5.32 Å². The molecule has 0 aliphatic carbocycles. The van der Waals surface area contributed by atoms with Gasteiger partial charge in [-0.25, -0.2) is 4.39 Å². The monoisotopic (exact) mass is 408 g/mol. The number of thioether (sulfide) groups is 1. The highest BCUT2D eigenvalue weighted by molar-refractivity contribution is 8.18. The van der Waals surface area contributed by atoms with E-state index in [1.807, 2.05) is 0 Å². The summed E-state index contributed by atoms with van der Waals surface area (Å²) in [5.74, 6) is -1.68. The van der Waals surface area contributed by atoms with Crippen molar-refractivity contribution in [1.82, 2.24) is 14.9 Å². The van der Waals surface area contributed by atoms with Crippen molar-refractivity contribution < 1.29 is 18.8 Å². The molecule has 1 saturated heterocycles. The van der Waals surface area contributed by atoms with Gasteiger partial charge in [0.1, 0.15) is 12.4 Å². The van der Waals surface area contributed by atoms with Crippen LogP contribution in [0, 0.1) is 5.82 Å². The van der Waals surface area contributed by atoms with Gasteiger partial charge in [-0.1, -0.05) is 18.2 Å². The normalized spacial score (nSPS) is 15.3. The molecule has 0 unspecified atom stereocenters. The molecule has 1 N–H and O–H groups in total. The summed E-state index contributed by atoms with van der Waals surface area (Å²) < 4.78 is 13.8. The van der Waals surface area contributed by atoms with Gasteiger partial charge in [0, 0.05) is 23.6 Å². The maximum Gasteiger partial charge on any atom is 0.294 e. The zero-order valence-corrected chi connectivity index (χ0v) is 15.6. The number of rotatable bonds is 4. The van der Waals surface area contributed by atoms with Gasteiger partial charge in [-0.3, -0.25) is 29.3 Å². The number of benzene rings is 2. The van der Waals surface area contributed by atoms with Crippen molar-refractivity contribution in [2.24, 2.45) is 0 Å². The second-order valence-electron chi connectivity index (χ2n) is 6.10. The first-order chi connectivity index (χ1) is 14.0. The Hall–Kier alpha value is -3.59. The molecule has 144 valence electrons. The van der Waals surface area contributed by atoms with Gasteiger partial charge in [-0.2, -0.15) is 0 Å². The lowest BCUT2D eigenvalue weighted by atomic mass is 10.2. The van der Waals surface area contributed by atoms with Crippen LogP contribution in [0.3, 0.4) is 0 Å². The van der Waals surface area contributed by atoms with E-state index < -0.39 is 29.4 Å². The summed E-state index contributed by atoms with van der Waals surface area (Å²) >= 11 is 0.669. The highest BCUT2D eigenvalue weighted by Gasteiger charge is 2.36. The number of halogens is 1.